The SMILES string of the molecule is CCC(C)CCC(C(C)C)C(C)CC(C)CC(C)C1CCCC1C. The molecule has 0 aromatic rings. The second kappa shape index (κ2) is 10.9. The summed E-state index contributed by atoms with van der Waals surface area (Å²) >= 11 is 0. The molecule has 144 valence electrons. The van der Waals surface area contributed by atoms with E-state index in [4.69, 9.17) is 0 Å². The van der Waals surface area contributed by atoms with Crippen LogP contribution < -0.4 is 0 Å². The van der Waals surface area contributed by atoms with Gasteiger partial charge in [0.15, 0.2) is 0 Å². The summed E-state index contributed by atoms with van der Waals surface area (Å²) in [7, 11) is 0. The van der Waals surface area contributed by atoms with Crippen molar-refractivity contribution in [3.63, 3.8) is 0 Å². The number of rotatable bonds is 11. The second-order valence-electron chi connectivity index (χ2n) is 10.1. The summed E-state index contributed by atoms with van der Waals surface area (Å²) in [5.74, 6) is 7.36. The first kappa shape index (κ1) is 22.0. The lowest BCUT2D eigenvalue weighted by molar-refractivity contribution is 0.182. The van der Waals surface area contributed by atoms with Crippen LogP contribution >= 0.6 is 0 Å². The maximum atomic E-state index is 2.54. The van der Waals surface area contributed by atoms with Crippen LogP contribution in [0.25, 0.3) is 0 Å². The molecule has 0 spiro atoms. The Morgan fingerprint density at radius 2 is 1.50 bits per heavy atom. The van der Waals surface area contributed by atoms with E-state index in [0.717, 1.165) is 47.3 Å². The van der Waals surface area contributed by atoms with Gasteiger partial charge in [0.2, 0.25) is 0 Å². The third-order valence-electron chi connectivity index (χ3n) is 7.48. The van der Waals surface area contributed by atoms with Crippen LogP contribution in [0.4, 0.5) is 0 Å². The van der Waals surface area contributed by atoms with Crippen LogP contribution in [0.15, 0.2) is 0 Å². The molecule has 0 bridgehead atoms. The number of hydrogen-bond acceptors (Lipinski definition) is 0. The fourth-order valence-electron chi connectivity index (χ4n) is 5.69. The average Bonchev–Trinajstić information content (AvgIpc) is 2.92. The molecule has 1 fully saturated rings. The maximum absolute atomic E-state index is 2.54. The summed E-state index contributed by atoms with van der Waals surface area (Å²) in [5.41, 5.74) is 0. The van der Waals surface area contributed by atoms with Crippen molar-refractivity contribution in [3.05, 3.63) is 0 Å². The van der Waals surface area contributed by atoms with Gasteiger partial charge in [0.25, 0.3) is 0 Å². The topological polar surface area (TPSA) is 0 Å². The van der Waals surface area contributed by atoms with Crippen molar-refractivity contribution in [3.8, 4) is 0 Å². The zero-order chi connectivity index (χ0) is 18.3. The molecule has 0 amide bonds. The molecule has 0 radical (unpaired) electrons. The standard InChI is InChI=1S/C24H48/c1-9-18(4)13-14-23(17(2)3)21(7)15-19(5)16-22(8)24-12-10-11-20(24)6/h17-24H,9-16H2,1-8H3. The van der Waals surface area contributed by atoms with Gasteiger partial charge >= 0.3 is 0 Å². The summed E-state index contributed by atoms with van der Waals surface area (Å²) in [6.45, 7) is 19.8. The largest absolute Gasteiger partial charge is 0.0651 e. The molecular weight excluding hydrogens is 288 g/mol. The van der Waals surface area contributed by atoms with E-state index in [0.29, 0.717) is 0 Å². The van der Waals surface area contributed by atoms with E-state index < -0.39 is 0 Å². The van der Waals surface area contributed by atoms with Crippen molar-refractivity contribution in [2.24, 2.45) is 47.3 Å². The van der Waals surface area contributed by atoms with Gasteiger partial charge in [0.05, 0.1) is 0 Å². The molecule has 0 heterocycles. The van der Waals surface area contributed by atoms with Gasteiger partial charge in [0, 0.05) is 0 Å². The lowest BCUT2D eigenvalue weighted by atomic mass is 9.74. The van der Waals surface area contributed by atoms with Crippen LogP contribution in [0.3, 0.4) is 0 Å². The Morgan fingerprint density at radius 3 is 2.00 bits per heavy atom. The van der Waals surface area contributed by atoms with E-state index in [1.54, 1.807) is 0 Å². The minimum atomic E-state index is 0.837. The van der Waals surface area contributed by atoms with Crippen molar-refractivity contribution in [2.75, 3.05) is 0 Å². The number of hydrogen-bond donors (Lipinski definition) is 0. The zero-order valence-corrected chi connectivity index (χ0v) is 18.3. The van der Waals surface area contributed by atoms with Gasteiger partial charge in [-0.25, -0.2) is 0 Å². The second-order valence-corrected chi connectivity index (χ2v) is 10.1. The Hall–Kier alpha value is 0. The van der Waals surface area contributed by atoms with Gasteiger partial charge in [-0.3, -0.25) is 0 Å². The predicted molar refractivity (Wildman–Crippen MR) is 110 cm³/mol. The third kappa shape index (κ3) is 7.09. The third-order valence-corrected chi connectivity index (χ3v) is 7.48. The summed E-state index contributed by atoms with van der Waals surface area (Å²) in [6.07, 6.45) is 11.5. The van der Waals surface area contributed by atoms with E-state index in [1.807, 2.05) is 0 Å². The van der Waals surface area contributed by atoms with Crippen LogP contribution in [0.1, 0.15) is 107 Å². The lowest BCUT2D eigenvalue weighted by Gasteiger charge is -2.32. The molecule has 1 saturated carbocycles. The first-order valence-corrected chi connectivity index (χ1v) is 11.3. The molecule has 1 aliphatic rings. The first-order chi connectivity index (χ1) is 11.3. The maximum Gasteiger partial charge on any atom is -0.0363 e. The van der Waals surface area contributed by atoms with E-state index >= 15 is 0 Å². The van der Waals surface area contributed by atoms with E-state index in [1.165, 1.54) is 51.4 Å². The van der Waals surface area contributed by atoms with Crippen molar-refractivity contribution in [1.82, 2.24) is 0 Å². The Morgan fingerprint density at radius 1 is 0.833 bits per heavy atom. The Labute approximate surface area is 154 Å². The van der Waals surface area contributed by atoms with Crippen LogP contribution in [0.5, 0.6) is 0 Å². The monoisotopic (exact) mass is 336 g/mol. The van der Waals surface area contributed by atoms with Crippen molar-refractivity contribution in [1.29, 1.82) is 0 Å². The van der Waals surface area contributed by atoms with E-state index in [9.17, 15) is 0 Å². The van der Waals surface area contributed by atoms with Crippen molar-refractivity contribution < 1.29 is 0 Å². The molecule has 7 unspecified atom stereocenters. The summed E-state index contributed by atoms with van der Waals surface area (Å²) in [6, 6.07) is 0. The van der Waals surface area contributed by atoms with Crippen molar-refractivity contribution >= 4 is 0 Å². The van der Waals surface area contributed by atoms with E-state index in [2.05, 4.69) is 55.4 Å². The quantitative estimate of drug-likeness (QED) is 0.356. The normalized spacial score (nSPS) is 27.9. The van der Waals surface area contributed by atoms with Gasteiger partial charge in [-0.15, -0.1) is 0 Å². The summed E-state index contributed by atoms with van der Waals surface area (Å²) in [5, 5.41) is 0. The smallest absolute Gasteiger partial charge is 0.0363 e. The van der Waals surface area contributed by atoms with Crippen molar-refractivity contribution in [2.45, 2.75) is 107 Å². The lowest BCUT2D eigenvalue weighted by Crippen LogP contribution is -2.23. The predicted octanol–water partition coefficient (Wildman–Crippen LogP) is 8.21. The molecule has 0 N–H and O–H groups in total. The Balaban J connectivity index is 2.45. The molecule has 0 nitrogen and oxygen atoms in total. The van der Waals surface area contributed by atoms with Crippen LogP contribution in [0.2, 0.25) is 0 Å². The highest BCUT2D eigenvalue weighted by Gasteiger charge is 2.30. The highest BCUT2D eigenvalue weighted by molar-refractivity contribution is 4.80. The molecule has 0 aromatic carbocycles. The minimum absolute atomic E-state index is 0.837. The molecule has 1 rings (SSSR count). The minimum Gasteiger partial charge on any atom is -0.0651 e. The van der Waals surface area contributed by atoms with Gasteiger partial charge in [-0.2, -0.15) is 0 Å². The Bertz CT molecular complexity index is 318. The highest BCUT2D eigenvalue weighted by Crippen LogP contribution is 2.40. The van der Waals surface area contributed by atoms with Crippen LogP contribution in [-0.4, -0.2) is 0 Å². The molecule has 24 heavy (non-hydrogen) atoms. The fourth-order valence-corrected chi connectivity index (χ4v) is 5.69. The highest BCUT2D eigenvalue weighted by atomic mass is 14.4. The van der Waals surface area contributed by atoms with Crippen LogP contribution in [0, 0.1) is 47.3 Å². The Kier molecular flexibility index (Phi) is 9.98. The molecule has 0 aliphatic heterocycles. The van der Waals surface area contributed by atoms with Gasteiger partial charge in [-0.1, -0.05) is 81.1 Å². The molecule has 0 heteroatoms. The van der Waals surface area contributed by atoms with Gasteiger partial charge in [-0.05, 0) is 73.0 Å². The van der Waals surface area contributed by atoms with Gasteiger partial charge < -0.3 is 0 Å². The molecule has 1 aliphatic carbocycles. The van der Waals surface area contributed by atoms with Gasteiger partial charge in [0.1, 0.15) is 0 Å². The molecular formula is C24H48. The zero-order valence-electron chi connectivity index (χ0n) is 18.3. The molecule has 7 atom stereocenters. The molecule has 0 saturated heterocycles. The molecule has 0 aromatic heterocycles. The first-order valence-electron chi connectivity index (χ1n) is 11.3. The fraction of sp³-hybridized carbons (Fsp3) is 1.00. The van der Waals surface area contributed by atoms with E-state index in [-0.39, 0.29) is 0 Å². The summed E-state index contributed by atoms with van der Waals surface area (Å²) in [4.78, 5) is 0. The van der Waals surface area contributed by atoms with Crippen LogP contribution in [-0.2, 0) is 0 Å². The summed E-state index contributed by atoms with van der Waals surface area (Å²) < 4.78 is 0. The average molecular weight is 337 g/mol.